The third kappa shape index (κ3) is 4.21. The Morgan fingerprint density at radius 1 is 1.19 bits per heavy atom. The number of rotatable bonds is 6. The van der Waals surface area contributed by atoms with Crippen LogP contribution < -0.4 is 4.74 Å². The third-order valence-corrected chi connectivity index (χ3v) is 2.68. The lowest BCUT2D eigenvalue weighted by Crippen LogP contribution is -2.26. The molecule has 0 saturated heterocycles. The predicted molar refractivity (Wildman–Crippen MR) is 65.8 cm³/mol. The van der Waals surface area contributed by atoms with Crippen LogP contribution in [0.2, 0.25) is 0 Å². The molecule has 0 aromatic heterocycles. The molecule has 0 N–H and O–H groups in total. The summed E-state index contributed by atoms with van der Waals surface area (Å²) in [5, 5.41) is 0. The lowest BCUT2D eigenvalue weighted by molar-refractivity contribution is 0.0511. The molecule has 3 heteroatoms. The average Bonchev–Trinajstić information content (AvgIpc) is 2.28. The van der Waals surface area contributed by atoms with Crippen LogP contribution in [0.4, 0.5) is 0 Å². The maximum Gasteiger partial charge on any atom is 0.188 e. The highest BCUT2D eigenvalue weighted by Crippen LogP contribution is 2.14. The van der Waals surface area contributed by atoms with Gasteiger partial charge in [-0.2, -0.15) is 0 Å². The van der Waals surface area contributed by atoms with E-state index in [0.29, 0.717) is 12.8 Å². The molecule has 0 heterocycles. The van der Waals surface area contributed by atoms with Crippen LogP contribution in [0.5, 0.6) is 5.75 Å². The van der Waals surface area contributed by atoms with E-state index in [1.807, 2.05) is 12.1 Å². The average molecular weight is 223 g/mol. The van der Waals surface area contributed by atoms with Crippen molar-refractivity contribution in [2.45, 2.75) is 19.4 Å². The number of ether oxygens (including phenoxy) is 2. The number of methoxy groups -OCH3 is 1. The van der Waals surface area contributed by atoms with Crippen LogP contribution in [0.3, 0.4) is 0 Å². The van der Waals surface area contributed by atoms with Crippen molar-refractivity contribution in [1.29, 1.82) is 0 Å². The van der Waals surface area contributed by atoms with Crippen LogP contribution in [0.1, 0.15) is 12.5 Å². The molecule has 0 aliphatic carbocycles. The maximum absolute atomic E-state index is 5.33. The number of benzene rings is 1. The lowest BCUT2D eigenvalue weighted by Gasteiger charge is -2.19. The Hall–Kier alpha value is -1.06. The highest BCUT2D eigenvalue weighted by Gasteiger charge is 2.05. The quantitative estimate of drug-likeness (QED) is 0.690. The SMILES string of the molecule is COCOc1ccc(CC(C)N(C)C)cc1. The van der Waals surface area contributed by atoms with E-state index in [-0.39, 0.29) is 0 Å². The summed E-state index contributed by atoms with van der Waals surface area (Å²) in [6.07, 6.45) is 1.05. The fourth-order valence-corrected chi connectivity index (χ4v) is 1.37. The van der Waals surface area contributed by atoms with Gasteiger partial charge in [0.2, 0.25) is 0 Å². The van der Waals surface area contributed by atoms with Crippen LogP contribution >= 0.6 is 0 Å². The standard InChI is InChI=1S/C13H21NO2/c1-11(14(2)3)9-12-5-7-13(8-6-12)16-10-15-4/h5-8,11H,9-10H2,1-4H3. The van der Waals surface area contributed by atoms with Gasteiger partial charge in [0.1, 0.15) is 5.75 Å². The molecular formula is C13H21NO2. The summed E-state index contributed by atoms with van der Waals surface area (Å²) >= 11 is 0. The highest BCUT2D eigenvalue weighted by atomic mass is 16.7. The molecule has 16 heavy (non-hydrogen) atoms. The molecule has 1 aromatic rings. The highest BCUT2D eigenvalue weighted by molar-refractivity contribution is 5.27. The Balaban J connectivity index is 2.51. The topological polar surface area (TPSA) is 21.7 Å². The van der Waals surface area contributed by atoms with Gasteiger partial charge < -0.3 is 14.4 Å². The van der Waals surface area contributed by atoms with Crippen molar-refractivity contribution in [3.05, 3.63) is 29.8 Å². The van der Waals surface area contributed by atoms with Gasteiger partial charge in [-0.05, 0) is 45.1 Å². The van der Waals surface area contributed by atoms with Crippen molar-refractivity contribution in [2.24, 2.45) is 0 Å². The molecule has 0 aliphatic heterocycles. The summed E-state index contributed by atoms with van der Waals surface area (Å²) in [6, 6.07) is 8.72. The molecule has 1 unspecified atom stereocenters. The van der Waals surface area contributed by atoms with Crippen molar-refractivity contribution in [1.82, 2.24) is 4.90 Å². The molecule has 0 radical (unpaired) electrons. The van der Waals surface area contributed by atoms with E-state index >= 15 is 0 Å². The first kappa shape index (κ1) is 13.0. The van der Waals surface area contributed by atoms with Crippen molar-refractivity contribution < 1.29 is 9.47 Å². The Morgan fingerprint density at radius 3 is 2.31 bits per heavy atom. The summed E-state index contributed by atoms with van der Waals surface area (Å²) in [4.78, 5) is 2.22. The molecule has 0 fully saturated rings. The Labute approximate surface area is 98.0 Å². The minimum absolute atomic E-state index is 0.299. The Kier molecular flexibility index (Phi) is 5.29. The van der Waals surface area contributed by atoms with Gasteiger partial charge in [-0.3, -0.25) is 0 Å². The van der Waals surface area contributed by atoms with Gasteiger partial charge in [0.05, 0.1) is 0 Å². The van der Waals surface area contributed by atoms with Gasteiger partial charge in [0, 0.05) is 13.2 Å². The number of nitrogens with zero attached hydrogens (tertiary/aromatic N) is 1. The predicted octanol–water partition coefficient (Wildman–Crippen LogP) is 2.16. The van der Waals surface area contributed by atoms with Crippen molar-refractivity contribution in [3.8, 4) is 5.75 Å². The normalized spacial score (nSPS) is 12.8. The zero-order valence-electron chi connectivity index (χ0n) is 10.6. The largest absolute Gasteiger partial charge is 0.468 e. The molecule has 0 amide bonds. The van der Waals surface area contributed by atoms with E-state index in [1.54, 1.807) is 7.11 Å². The molecule has 1 atom stereocenters. The zero-order chi connectivity index (χ0) is 12.0. The van der Waals surface area contributed by atoms with E-state index in [1.165, 1.54) is 5.56 Å². The Morgan fingerprint density at radius 2 is 1.81 bits per heavy atom. The smallest absolute Gasteiger partial charge is 0.188 e. The van der Waals surface area contributed by atoms with E-state index in [9.17, 15) is 0 Å². The van der Waals surface area contributed by atoms with Gasteiger partial charge in [-0.1, -0.05) is 12.1 Å². The van der Waals surface area contributed by atoms with Gasteiger partial charge in [0.15, 0.2) is 6.79 Å². The van der Waals surface area contributed by atoms with Gasteiger partial charge in [0.25, 0.3) is 0 Å². The van der Waals surface area contributed by atoms with Gasteiger partial charge >= 0.3 is 0 Å². The van der Waals surface area contributed by atoms with Crippen molar-refractivity contribution in [3.63, 3.8) is 0 Å². The van der Waals surface area contributed by atoms with Crippen molar-refractivity contribution in [2.75, 3.05) is 28.0 Å². The first-order chi connectivity index (χ1) is 7.63. The van der Waals surface area contributed by atoms with E-state index in [0.717, 1.165) is 12.2 Å². The minimum Gasteiger partial charge on any atom is -0.468 e. The third-order valence-electron chi connectivity index (χ3n) is 2.68. The molecule has 1 rings (SSSR count). The van der Waals surface area contributed by atoms with Crippen LogP contribution in [-0.4, -0.2) is 38.9 Å². The maximum atomic E-state index is 5.33. The summed E-state index contributed by atoms with van der Waals surface area (Å²) in [6.45, 7) is 2.52. The van der Waals surface area contributed by atoms with Crippen LogP contribution in [0, 0.1) is 0 Å². The monoisotopic (exact) mass is 223 g/mol. The number of likely N-dealkylation sites (N-methyl/N-ethyl adjacent to an activating group) is 1. The molecule has 0 spiro atoms. The van der Waals surface area contributed by atoms with Gasteiger partial charge in [-0.25, -0.2) is 0 Å². The van der Waals surface area contributed by atoms with Crippen LogP contribution in [0.25, 0.3) is 0 Å². The molecule has 0 aliphatic rings. The minimum atomic E-state index is 0.299. The fraction of sp³-hybridized carbons (Fsp3) is 0.538. The van der Waals surface area contributed by atoms with E-state index in [4.69, 9.17) is 9.47 Å². The number of hydrogen-bond donors (Lipinski definition) is 0. The zero-order valence-corrected chi connectivity index (χ0v) is 10.6. The number of hydrogen-bond acceptors (Lipinski definition) is 3. The summed E-state index contributed by atoms with van der Waals surface area (Å²) in [5.74, 6) is 0.850. The lowest BCUT2D eigenvalue weighted by atomic mass is 10.1. The van der Waals surface area contributed by atoms with Crippen LogP contribution in [-0.2, 0) is 11.2 Å². The van der Waals surface area contributed by atoms with Crippen LogP contribution in [0.15, 0.2) is 24.3 Å². The second kappa shape index (κ2) is 6.51. The summed E-state index contributed by atoms with van der Waals surface area (Å²) < 4.78 is 10.2. The molecule has 1 aromatic carbocycles. The molecule has 90 valence electrons. The Bertz CT molecular complexity index is 295. The second-order valence-electron chi connectivity index (χ2n) is 4.21. The van der Waals surface area contributed by atoms with E-state index in [2.05, 4.69) is 38.1 Å². The molecule has 0 saturated carbocycles. The summed E-state index contributed by atoms with van der Waals surface area (Å²) in [5.41, 5.74) is 1.32. The summed E-state index contributed by atoms with van der Waals surface area (Å²) in [7, 11) is 5.81. The molecular weight excluding hydrogens is 202 g/mol. The molecule has 0 bridgehead atoms. The van der Waals surface area contributed by atoms with Crippen molar-refractivity contribution >= 4 is 0 Å². The second-order valence-corrected chi connectivity index (χ2v) is 4.21. The first-order valence-electron chi connectivity index (χ1n) is 5.50. The fourth-order valence-electron chi connectivity index (χ4n) is 1.37. The van der Waals surface area contributed by atoms with E-state index < -0.39 is 0 Å². The first-order valence-corrected chi connectivity index (χ1v) is 5.50. The van der Waals surface area contributed by atoms with Gasteiger partial charge in [-0.15, -0.1) is 0 Å². The molecule has 3 nitrogen and oxygen atoms in total.